The summed E-state index contributed by atoms with van der Waals surface area (Å²) in [5.74, 6) is 0.821. The van der Waals surface area contributed by atoms with E-state index in [1.807, 2.05) is 6.07 Å². The van der Waals surface area contributed by atoms with Crippen molar-refractivity contribution >= 4 is 13.7 Å². The molecule has 0 fully saturated rings. The minimum Gasteiger partial charge on any atom is -0.443 e. The maximum absolute atomic E-state index is 12.2. The molecular formula is C42H63O2P. The minimum absolute atomic E-state index is 0.0106. The smallest absolute Gasteiger partial charge is 0.262 e. The van der Waals surface area contributed by atoms with E-state index in [1.54, 1.807) is 0 Å². The lowest BCUT2D eigenvalue weighted by atomic mass is 9.71. The first-order valence-corrected chi connectivity index (χ1v) is 17.9. The Bertz CT molecular complexity index is 1450. The number of rotatable bonds is 4. The highest BCUT2D eigenvalue weighted by molar-refractivity contribution is 7.55. The lowest BCUT2D eigenvalue weighted by molar-refractivity contribution is 0.456. The number of hydrogen-bond donors (Lipinski definition) is 1. The standard InChI is InChI=1S/C42H63O2P/c1-37(2,3)27-23-30(39(7,8)9)35(31(24-27)40(10,11)12)29-21-19-20-22-34(29)45(43)44-36-32(41(13,14)15)25-28(38(4,5)6)26-33(36)42(16,17)18/h19-26,43H,1-18H3. The van der Waals surface area contributed by atoms with Crippen molar-refractivity contribution in [1.82, 2.24) is 0 Å². The zero-order chi connectivity index (χ0) is 34.7. The number of hydrogen-bond acceptors (Lipinski definition) is 2. The first-order valence-electron chi connectivity index (χ1n) is 16.7. The molecule has 3 aromatic rings. The summed E-state index contributed by atoms with van der Waals surface area (Å²) in [5, 5.41) is 0.853. The third-order valence-electron chi connectivity index (χ3n) is 8.75. The minimum atomic E-state index is -1.99. The van der Waals surface area contributed by atoms with Crippen molar-refractivity contribution in [3.8, 4) is 16.9 Å². The van der Waals surface area contributed by atoms with Crippen LogP contribution in [0, 0.1) is 0 Å². The van der Waals surface area contributed by atoms with Crippen molar-refractivity contribution in [3.05, 3.63) is 81.9 Å². The summed E-state index contributed by atoms with van der Waals surface area (Å²) >= 11 is 0. The van der Waals surface area contributed by atoms with Crippen molar-refractivity contribution in [2.45, 2.75) is 157 Å². The molecule has 2 nitrogen and oxygen atoms in total. The molecule has 0 saturated carbocycles. The second-order valence-electron chi connectivity index (χ2n) is 19.2. The lowest BCUT2D eigenvalue weighted by Gasteiger charge is -2.35. The normalized spacial score (nSPS) is 14.5. The molecule has 45 heavy (non-hydrogen) atoms. The molecule has 0 aliphatic rings. The topological polar surface area (TPSA) is 29.5 Å². The fraction of sp³-hybridized carbons (Fsp3) is 0.571. The van der Waals surface area contributed by atoms with Crippen LogP contribution < -0.4 is 9.83 Å². The van der Waals surface area contributed by atoms with Crippen molar-refractivity contribution in [2.24, 2.45) is 0 Å². The van der Waals surface area contributed by atoms with E-state index in [9.17, 15) is 4.89 Å². The Kier molecular flexibility index (Phi) is 10.1. The summed E-state index contributed by atoms with van der Waals surface area (Å²) in [6, 6.07) is 17.8. The van der Waals surface area contributed by atoms with Crippen LogP contribution in [0.1, 0.15) is 158 Å². The van der Waals surface area contributed by atoms with E-state index in [0.29, 0.717) is 0 Å². The van der Waals surface area contributed by atoms with Gasteiger partial charge in [-0.2, -0.15) is 0 Å². The highest BCUT2D eigenvalue weighted by Gasteiger charge is 2.34. The van der Waals surface area contributed by atoms with Crippen molar-refractivity contribution in [2.75, 3.05) is 0 Å². The van der Waals surface area contributed by atoms with E-state index < -0.39 is 8.38 Å². The molecule has 0 spiro atoms. The SMILES string of the molecule is CC(C)(C)c1cc(C(C)(C)C)c(OP(O)c2ccccc2-c2c(C(C)(C)C)cc(C(C)(C)C)cc2C(C)(C)C)c(C(C)(C)C)c1. The Labute approximate surface area is 278 Å². The lowest BCUT2D eigenvalue weighted by Crippen LogP contribution is -2.25. The molecule has 0 heterocycles. The van der Waals surface area contributed by atoms with Crippen LogP contribution in [0.25, 0.3) is 11.1 Å². The van der Waals surface area contributed by atoms with E-state index in [-0.39, 0.29) is 32.5 Å². The van der Waals surface area contributed by atoms with Gasteiger partial charge >= 0.3 is 0 Å². The van der Waals surface area contributed by atoms with Gasteiger partial charge in [-0.3, -0.25) is 0 Å². The fourth-order valence-electron chi connectivity index (χ4n) is 5.81. The summed E-state index contributed by atoms with van der Waals surface area (Å²) in [7, 11) is -1.99. The van der Waals surface area contributed by atoms with E-state index in [0.717, 1.165) is 27.7 Å². The van der Waals surface area contributed by atoms with E-state index in [4.69, 9.17) is 4.52 Å². The van der Waals surface area contributed by atoms with Crippen LogP contribution in [0.15, 0.2) is 48.5 Å². The van der Waals surface area contributed by atoms with Crippen LogP contribution in [0.4, 0.5) is 0 Å². The summed E-state index contributed by atoms with van der Waals surface area (Å²) < 4.78 is 6.89. The predicted molar refractivity (Wildman–Crippen MR) is 200 cm³/mol. The summed E-state index contributed by atoms with van der Waals surface area (Å²) in [5.41, 5.74) is 9.22. The van der Waals surface area contributed by atoms with Gasteiger partial charge in [-0.25, -0.2) is 0 Å². The molecule has 1 N–H and O–H groups in total. The first-order chi connectivity index (χ1) is 20.0. The molecule has 248 valence electrons. The fourth-order valence-corrected chi connectivity index (χ4v) is 6.88. The molecule has 3 rings (SSSR count). The molecule has 3 aromatic carbocycles. The van der Waals surface area contributed by atoms with Gasteiger partial charge in [0.25, 0.3) is 8.38 Å². The van der Waals surface area contributed by atoms with Crippen molar-refractivity contribution in [1.29, 1.82) is 0 Å². The molecular weight excluding hydrogens is 567 g/mol. The van der Waals surface area contributed by atoms with Gasteiger partial charge in [-0.05, 0) is 71.9 Å². The Hall–Kier alpha value is -2.15. The monoisotopic (exact) mass is 630 g/mol. The molecule has 0 aromatic heterocycles. The third-order valence-corrected chi connectivity index (χ3v) is 9.91. The summed E-state index contributed by atoms with van der Waals surface area (Å²) in [6.07, 6.45) is 0. The van der Waals surface area contributed by atoms with E-state index in [1.165, 1.54) is 27.8 Å². The quantitative estimate of drug-likeness (QED) is 0.291. The Balaban J connectivity index is 2.39. The summed E-state index contributed by atoms with van der Waals surface area (Å²) in [6.45, 7) is 40.9. The largest absolute Gasteiger partial charge is 0.443 e. The molecule has 1 atom stereocenters. The van der Waals surface area contributed by atoms with Gasteiger partial charge in [0.15, 0.2) is 0 Å². The van der Waals surface area contributed by atoms with Gasteiger partial charge < -0.3 is 9.42 Å². The van der Waals surface area contributed by atoms with Crippen LogP contribution in [-0.2, 0) is 32.5 Å². The van der Waals surface area contributed by atoms with E-state index in [2.05, 4.69) is 167 Å². The third kappa shape index (κ3) is 8.42. The van der Waals surface area contributed by atoms with Gasteiger partial charge in [-0.1, -0.05) is 167 Å². The Morgan fingerprint density at radius 3 is 1.13 bits per heavy atom. The average molecular weight is 631 g/mol. The molecule has 0 radical (unpaired) electrons. The van der Waals surface area contributed by atoms with Gasteiger partial charge in [0, 0.05) is 16.4 Å². The summed E-state index contributed by atoms with van der Waals surface area (Å²) in [4.78, 5) is 12.2. The van der Waals surface area contributed by atoms with Crippen molar-refractivity contribution in [3.63, 3.8) is 0 Å². The van der Waals surface area contributed by atoms with Gasteiger partial charge in [0.1, 0.15) is 5.75 Å². The zero-order valence-corrected chi connectivity index (χ0v) is 32.8. The molecule has 0 aliphatic heterocycles. The second kappa shape index (κ2) is 12.1. The maximum atomic E-state index is 12.2. The molecule has 0 amide bonds. The van der Waals surface area contributed by atoms with Crippen LogP contribution in [0.5, 0.6) is 5.75 Å². The van der Waals surface area contributed by atoms with Gasteiger partial charge in [0.05, 0.1) is 0 Å². The zero-order valence-electron chi connectivity index (χ0n) is 31.9. The Morgan fingerprint density at radius 2 is 0.800 bits per heavy atom. The Morgan fingerprint density at radius 1 is 0.467 bits per heavy atom. The average Bonchev–Trinajstić information content (AvgIpc) is 2.84. The first kappa shape index (κ1) is 37.3. The van der Waals surface area contributed by atoms with Crippen LogP contribution >= 0.6 is 8.38 Å². The molecule has 0 aliphatic carbocycles. The maximum Gasteiger partial charge on any atom is 0.262 e. The molecule has 0 bridgehead atoms. The van der Waals surface area contributed by atoms with Crippen LogP contribution in [0.2, 0.25) is 0 Å². The highest BCUT2D eigenvalue weighted by Crippen LogP contribution is 2.50. The molecule has 1 unspecified atom stereocenters. The highest BCUT2D eigenvalue weighted by atomic mass is 31.2. The van der Waals surface area contributed by atoms with Gasteiger partial charge in [0.2, 0.25) is 0 Å². The predicted octanol–water partition coefficient (Wildman–Crippen LogP) is 12.1. The van der Waals surface area contributed by atoms with Crippen LogP contribution in [-0.4, -0.2) is 4.89 Å². The van der Waals surface area contributed by atoms with Gasteiger partial charge in [-0.15, -0.1) is 0 Å². The van der Waals surface area contributed by atoms with E-state index >= 15 is 0 Å². The second-order valence-corrected chi connectivity index (χ2v) is 20.4. The number of benzene rings is 3. The van der Waals surface area contributed by atoms with Crippen LogP contribution in [0.3, 0.4) is 0 Å². The molecule has 3 heteroatoms. The molecule has 0 saturated heterocycles. The van der Waals surface area contributed by atoms with Crippen molar-refractivity contribution < 1.29 is 9.42 Å².